The quantitative estimate of drug-likeness (QED) is 0.669. The van der Waals surface area contributed by atoms with Crippen molar-refractivity contribution in [2.45, 2.75) is 19.4 Å². The van der Waals surface area contributed by atoms with E-state index in [1.165, 1.54) is 0 Å². The number of nitrogens with zero attached hydrogens (tertiary/aromatic N) is 3. The van der Waals surface area contributed by atoms with Gasteiger partial charge >= 0.3 is 6.03 Å². The first kappa shape index (κ1) is 18.0. The number of carbonyl (C=O) groups excluding carboxylic acids is 2. The third-order valence-corrected chi connectivity index (χ3v) is 4.33. The molecule has 0 aromatic heterocycles. The summed E-state index contributed by atoms with van der Waals surface area (Å²) in [5, 5.41) is 11.5. The second-order valence-electron chi connectivity index (χ2n) is 6.41. The first-order chi connectivity index (χ1) is 12.9. The Bertz CT molecular complexity index is 1000. The van der Waals surface area contributed by atoms with Gasteiger partial charge < -0.3 is 10.1 Å². The number of carbonyl (C=O) groups is 2. The van der Waals surface area contributed by atoms with Gasteiger partial charge in [0.1, 0.15) is 12.4 Å². The minimum Gasteiger partial charge on any atom is -0.491 e. The lowest BCUT2D eigenvalue weighted by Crippen LogP contribution is -2.49. The molecule has 2 aromatic rings. The highest BCUT2D eigenvalue weighted by atomic mass is 16.5. The zero-order valence-corrected chi connectivity index (χ0v) is 14.8. The summed E-state index contributed by atoms with van der Waals surface area (Å²) in [6.45, 7) is 10.4. The Kier molecular flexibility index (Phi) is 4.53. The molecule has 0 spiro atoms. The Morgan fingerprint density at radius 3 is 2.56 bits per heavy atom. The van der Waals surface area contributed by atoms with Crippen molar-refractivity contribution in [1.29, 1.82) is 5.26 Å². The van der Waals surface area contributed by atoms with Crippen molar-refractivity contribution in [2.75, 3.05) is 11.5 Å². The van der Waals surface area contributed by atoms with E-state index in [2.05, 4.69) is 10.2 Å². The maximum absolute atomic E-state index is 12.9. The smallest absolute Gasteiger partial charge is 0.329 e. The van der Waals surface area contributed by atoms with E-state index in [1.54, 1.807) is 56.3 Å². The van der Waals surface area contributed by atoms with E-state index in [1.807, 2.05) is 6.07 Å². The molecule has 1 N–H and O–H groups in total. The molecule has 0 unspecified atom stereocenters. The summed E-state index contributed by atoms with van der Waals surface area (Å²) in [6, 6.07) is 12.8. The SMILES string of the molecule is [C-]#[N+]c1ccc(N2C(=O)N[C@@](C)(COc3ccc(C#N)cc3)C2=O)cc1C. The van der Waals surface area contributed by atoms with Gasteiger partial charge in [-0.25, -0.2) is 14.5 Å². The number of hydrogen-bond donors (Lipinski definition) is 1. The van der Waals surface area contributed by atoms with Crippen molar-refractivity contribution in [1.82, 2.24) is 5.32 Å². The topological polar surface area (TPSA) is 86.8 Å². The van der Waals surface area contributed by atoms with Gasteiger partial charge in [0.25, 0.3) is 5.91 Å². The Morgan fingerprint density at radius 1 is 1.26 bits per heavy atom. The first-order valence-electron chi connectivity index (χ1n) is 8.16. The van der Waals surface area contributed by atoms with Crippen molar-refractivity contribution in [3.05, 3.63) is 65.0 Å². The van der Waals surface area contributed by atoms with Crippen molar-refractivity contribution in [3.8, 4) is 11.8 Å². The summed E-state index contributed by atoms with van der Waals surface area (Å²) in [7, 11) is 0. The lowest BCUT2D eigenvalue weighted by molar-refractivity contribution is -0.122. The zero-order chi connectivity index (χ0) is 19.6. The molecule has 2 aromatic carbocycles. The van der Waals surface area contributed by atoms with Crippen molar-refractivity contribution in [3.63, 3.8) is 0 Å². The molecule has 27 heavy (non-hydrogen) atoms. The molecule has 3 amide bonds. The standard InChI is InChI=1S/C20H16N4O3/c1-13-10-15(6-9-17(13)22-3)24-18(25)20(2,23-19(24)26)12-27-16-7-4-14(11-21)5-8-16/h4-10H,12H2,1-2H3,(H,23,26)/t20-/m0/s1. The highest BCUT2D eigenvalue weighted by molar-refractivity contribution is 6.23. The highest BCUT2D eigenvalue weighted by Gasteiger charge is 2.49. The van der Waals surface area contributed by atoms with Crippen LogP contribution < -0.4 is 15.0 Å². The predicted octanol–water partition coefficient (Wildman–Crippen LogP) is 3.31. The van der Waals surface area contributed by atoms with E-state index in [-0.39, 0.29) is 6.61 Å². The number of urea groups is 1. The summed E-state index contributed by atoms with van der Waals surface area (Å²) in [5.74, 6) is 0.0593. The summed E-state index contributed by atoms with van der Waals surface area (Å²) in [4.78, 5) is 29.7. The number of anilines is 1. The maximum atomic E-state index is 12.9. The molecule has 134 valence electrons. The molecule has 0 saturated carbocycles. The Labute approximate surface area is 156 Å². The van der Waals surface area contributed by atoms with Gasteiger partial charge in [0, 0.05) is 0 Å². The van der Waals surface area contributed by atoms with Gasteiger partial charge in [-0.2, -0.15) is 5.26 Å². The molecule has 7 heteroatoms. The maximum Gasteiger partial charge on any atom is 0.329 e. The zero-order valence-electron chi connectivity index (χ0n) is 14.8. The molecular weight excluding hydrogens is 344 g/mol. The van der Waals surface area contributed by atoms with Crippen LogP contribution in [0.5, 0.6) is 5.75 Å². The predicted molar refractivity (Wildman–Crippen MR) is 98.5 cm³/mol. The third kappa shape index (κ3) is 3.31. The molecular formula is C20H16N4O3. The van der Waals surface area contributed by atoms with Crippen LogP contribution in [0.1, 0.15) is 18.1 Å². The molecule has 0 radical (unpaired) electrons. The van der Waals surface area contributed by atoms with Gasteiger partial charge in [-0.1, -0.05) is 6.07 Å². The van der Waals surface area contributed by atoms with Crippen LogP contribution in [-0.4, -0.2) is 24.1 Å². The van der Waals surface area contributed by atoms with Crippen LogP contribution in [0.3, 0.4) is 0 Å². The van der Waals surface area contributed by atoms with Crippen molar-refractivity contribution < 1.29 is 14.3 Å². The molecule has 3 rings (SSSR count). The van der Waals surface area contributed by atoms with Crippen LogP contribution in [-0.2, 0) is 4.79 Å². The summed E-state index contributed by atoms with van der Waals surface area (Å²) in [5.41, 5.74) is 0.841. The minimum absolute atomic E-state index is 0.0565. The van der Waals surface area contributed by atoms with Gasteiger partial charge in [0.15, 0.2) is 11.2 Å². The summed E-state index contributed by atoms with van der Waals surface area (Å²) < 4.78 is 5.64. The minimum atomic E-state index is -1.22. The van der Waals surface area contributed by atoms with Gasteiger partial charge in [0.2, 0.25) is 0 Å². The number of amides is 3. The average molecular weight is 360 g/mol. The number of nitrogens with one attached hydrogen (secondary N) is 1. The van der Waals surface area contributed by atoms with Crippen LogP contribution in [0, 0.1) is 24.8 Å². The molecule has 0 aliphatic carbocycles. The van der Waals surface area contributed by atoms with E-state index in [9.17, 15) is 9.59 Å². The number of ether oxygens (including phenoxy) is 1. The Morgan fingerprint density at radius 2 is 1.96 bits per heavy atom. The molecule has 1 saturated heterocycles. The number of rotatable bonds is 4. The Hall–Kier alpha value is -3.84. The fraction of sp³-hybridized carbons (Fsp3) is 0.200. The number of imide groups is 1. The summed E-state index contributed by atoms with van der Waals surface area (Å²) in [6.07, 6.45) is 0. The van der Waals surface area contributed by atoms with Crippen LogP contribution in [0.15, 0.2) is 42.5 Å². The van der Waals surface area contributed by atoms with Crippen molar-refractivity contribution in [2.24, 2.45) is 0 Å². The molecule has 0 bridgehead atoms. The van der Waals surface area contributed by atoms with Crippen molar-refractivity contribution >= 4 is 23.3 Å². The average Bonchev–Trinajstić information content (AvgIpc) is 2.89. The third-order valence-electron chi connectivity index (χ3n) is 4.33. The molecule has 1 fully saturated rings. The molecule has 1 aliphatic heterocycles. The summed E-state index contributed by atoms with van der Waals surface area (Å²) >= 11 is 0. The fourth-order valence-electron chi connectivity index (χ4n) is 2.77. The largest absolute Gasteiger partial charge is 0.491 e. The van der Waals surface area contributed by atoms with Crippen LogP contribution in [0.4, 0.5) is 16.2 Å². The number of benzene rings is 2. The van der Waals surface area contributed by atoms with Gasteiger partial charge in [0.05, 0.1) is 23.9 Å². The second-order valence-corrected chi connectivity index (χ2v) is 6.41. The first-order valence-corrected chi connectivity index (χ1v) is 8.16. The van der Waals surface area contributed by atoms with E-state index < -0.39 is 17.5 Å². The van der Waals surface area contributed by atoms with Gasteiger partial charge in [-0.15, -0.1) is 0 Å². The van der Waals surface area contributed by atoms with Crippen LogP contribution >= 0.6 is 0 Å². The Balaban J connectivity index is 1.78. The van der Waals surface area contributed by atoms with E-state index in [0.717, 1.165) is 4.90 Å². The monoisotopic (exact) mass is 360 g/mol. The fourth-order valence-corrected chi connectivity index (χ4v) is 2.77. The lowest BCUT2D eigenvalue weighted by atomic mass is 10.0. The van der Waals surface area contributed by atoms with Gasteiger partial charge in [-0.3, -0.25) is 4.79 Å². The highest BCUT2D eigenvalue weighted by Crippen LogP contribution is 2.29. The van der Waals surface area contributed by atoms with E-state index >= 15 is 0 Å². The normalized spacial score (nSPS) is 18.6. The lowest BCUT2D eigenvalue weighted by Gasteiger charge is -2.22. The second kappa shape index (κ2) is 6.81. The number of aryl methyl sites for hydroxylation is 1. The van der Waals surface area contributed by atoms with E-state index in [0.29, 0.717) is 28.3 Å². The molecule has 7 nitrogen and oxygen atoms in total. The van der Waals surface area contributed by atoms with Gasteiger partial charge in [-0.05, 0) is 55.8 Å². The van der Waals surface area contributed by atoms with Crippen LogP contribution in [0.25, 0.3) is 4.85 Å². The molecule has 1 heterocycles. The van der Waals surface area contributed by atoms with E-state index in [4.69, 9.17) is 16.6 Å². The number of hydrogen-bond acceptors (Lipinski definition) is 4. The number of nitriles is 1. The van der Waals surface area contributed by atoms with Crippen LogP contribution in [0.2, 0.25) is 0 Å². The molecule has 1 aliphatic rings. The molecule has 1 atom stereocenters.